The van der Waals surface area contributed by atoms with Crippen LogP contribution in [0.2, 0.25) is 0 Å². The molecule has 1 fully saturated rings. The average molecular weight is 250 g/mol. The van der Waals surface area contributed by atoms with E-state index < -0.39 is 0 Å². The van der Waals surface area contributed by atoms with Crippen molar-refractivity contribution in [2.75, 3.05) is 26.7 Å². The molecule has 0 saturated carbocycles. The van der Waals surface area contributed by atoms with Gasteiger partial charge < -0.3 is 10.2 Å². The van der Waals surface area contributed by atoms with E-state index in [1.54, 1.807) is 11.3 Å². The highest BCUT2D eigenvalue weighted by Crippen LogP contribution is 2.13. The van der Waals surface area contributed by atoms with Gasteiger partial charge in [0.2, 0.25) is 5.91 Å². The summed E-state index contributed by atoms with van der Waals surface area (Å²) in [5, 5.41) is 5.24. The Balaban J connectivity index is 1.87. The summed E-state index contributed by atoms with van der Waals surface area (Å²) in [6.07, 6.45) is 0.945. The number of amides is 1. The van der Waals surface area contributed by atoms with E-state index in [1.807, 2.05) is 18.9 Å². The lowest BCUT2D eigenvalue weighted by molar-refractivity contribution is -0.125. The molecule has 2 heterocycles. The molecule has 1 N–H and O–H groups in total. The SMILES string of the molecule is CC(C(=O)N(C)CCc1cccs1)=C1CNC1. The minimum atomic E-state index is 0.165. The van der Waals surface area contributed by atoms with Crippen molar-refractivity contribution in [3.63, 3.8) is 0 Å². The van der Waals surface area contributed by atoms with Crippen molar-refractivity contribution in [1.29, 1.82) is 0 Å². The number of carbonyl (C=O) groups excluding carboxylic acids is 1. The Bertz CT molecular complexity index is 417. The highest BCUT2D eigenvalue weighted by atomic mass is 32.1. The van der Waals surface area contributed by atoms with Gasteiger partial charge >= 0.3 is 0 Å². The molecule has 4 heteroatoms. The van der Waals surface area contributed by atoms with Gasteiger partial charge in [-0.3, -0.25) is 4.79 Å². The first-order valence-corrected chi connectivity index (χ1v) is 6.73. The van der Waals surface area contributed by atoms with E-state index in [0.29, 0.717) is 0 Å². The smallest absolute Gasteiger partial charge is 0.249 e. The fourth-order valence-corrected chi connectivity index (χ4v) is 2.49. The molecule has 1 saturated heterocycles. The standard InChI is InChI=1S/C13H18N2OS/c1-10(11-8-14-9-11)13(16)15(2)6-5-12-4-3-7-17-12/h3-4,7,14H,5-6,8-9H2,1-2H3. The Morgan fingerprint density at radius 3 is 2.82 bits per heavy atom. The zero-order chi connectivity index (χ0) is 12.3. The second-order valence-electron chi connectivity index (χ2n) is 4.39. The van der Waals surface area contributed by atoms with E-state index in [2.05, 4.69) is 22.8 Å². The Kier molecular flexibility index (Phi) is 3.97. The zero-order valence-corrected chi connectivity index (χ0v) is 11.1. The second kappa shape index (κ2) is 5.47. The number of thiophene rings is 1. The number of nitrogens with zero attached hydrogens (tertiary/aromatic N) is 1. The summed E-state index contributed by atoms with van der Waals surface area (Å²) in [6.45, 7) is 4.46. The third kappa shape index (κ3) is 2.96. The van der Waals surface area contributed by atoms with Gasteiger partial charge in [0.15, 0.2) is 0 Å². The van der Waals surface area contributed by atoms with Gasteiger partial charge in [0.1, 0.15) is 0 Å². The fourth-order valence-electron chi connectivity index (χ4n) is 1.79. The maximum atomic E-state index is 12.1. The summed E-state index contributed by atoms with van der Waals surface area (Å²) in [4.78, 5) is 15.2. The molecule has 0 radical (unpaired) electrons. The molecular formula is C13H18N2OS. The van der Waals surface area contributed by atoms with Gasteiger partial charge in [0.25, 0.3) is 0 Å². The summed E-state index contributed by atoms with van der Waals surface area (Å²) >= 11 is 1.75. The van der Waals surface area contributed by atoms with Gasteiger partial charge in [0.05, 0.1) is 0 Å². The highest BCUT2D eigenvalue weighted by molar-refractivity contribution is 7.09. The van der Waals surface area contributed by atoms with Crippen molar-refractivity contribution in [3.8, 4) is 0 Å². The predicted octanol–water partition coefficient (Wildman–Crippen LogP) is 1.67. The Hall–Kier alpha value is -1.13. The third-order valence-electron chi connectivity index (χ3n) is 3.15. The molecule has 17 heavy (non-hydrogen) atoms. The molecule has 1 aromatic rings. The van der Waals surface area contributed by atoms with Gasteiger partial charge in [-0.05, 0) is 30.4 Å². The van der Waals surface area contributed by atoms with E-state index in [0.717, 1.165) is 31.6 Å². The molecule has 0 unspecified atom stereocenters. The normalized spacial score (nSPS) is 14.4. The average Bonchev–Trinajstić information content (AvgIpc) is 2.75. The van der Waals surface area contributed by atoms with Crippen molar-refractivity contribution in [1.82, 2.24) is 10.2 Å². The van der Waals surface area contributed by atoms with Gasteiger partial charge in [-0.2, -0.15) is 0 Å². The number of hydrogen-bond acceptors (Lipinski definition) is 3. The van der Waals surface area contributed by atoms with Crippen molar-refractivity contribution >= 4 is 17.2 Å². The third-order valence-corrected chi connectivity index (χ3v) is 4.08. The van der Waals surface area contributed by atoms with E-state index >= 15 is 0 Å². The van der Waals surface area contributed by atoms with E-state index in [1.165, 1.54) is 10.5 Å². The molecule has 2 rings (SSSR count). The minimum Gasteiger partial charge on any atom is -0.342 e. The van der Waals surface area contributed by atoms with Crippen LogP contribution < -0.4 is 5.32 Å². The number of hydrogen-bond donors (Lipinski definition) is 1. The summed E-state index contributed by atoms with van der Waals surface area (Å²) in [7, 11) is 1.88. The van der Waals surface area contributed by atoms with E-state index in [-0.39, 0.29) is 5.91 Å². The maximum Gasteiger partial charge on any atom is 0.249 e. The number of rotatable bonds is 4. The quantitative estimate of drug-likeness (QED) is 0.824. The lowest BCUT2D eigenvalue weighted by Crippen LogP contribution is -2.38. The maximum absolute atomic E-state index is 12.1. The van der Waals surface area contributed by atoms with Crippen LogP contribution in [0.3, 0.4) is 0 Å². The molecule has 1 amide bonds. The number of carbonyl (C=O) groups is 1. The Morgan fingerprint density at radius 2 is 2.29 bits per heavy atom. The monoisotopic (exact) mass is 250 g/mol. The molecule has 0 atom stereocenters. The van der Waals surface area contributed by atoms with Crippen LogP contribution in [0.1, 0.15) is 11.8 Å². The summed E-state index contributed by atoms with van der Waals surface area (Å²) in [6, 6.07) is 4.17. The van der Waals surface area contributed by atoms with Crippen LogP contribution >= 0.6 is 11.3 Å². The number of nitrogens with one attached hydrogen (secondary N) is 1. The second-order valence-corrected chi connectivity index (χ2v) is 5.42. The first-order valence-electron chi connectivity index (χ1n) is 5.85. The molecule has 0 bridgehead atoms. The van der Waals surface area contributed by atoms with Gasteiger partial charge in [-0.1, -0.05) is 6.07 Å². The van der Waals surface area contributed by atoms with Crippen LogP contribution in [0.25, 0.3) is 0 Å². The highest BCUT2D eigenvalue weighted by Gasteiger charge is 2.18. The van der Waals surface area contributed by atoms with Crippen molar-refractivity contribution in [3.05, 3.63) is 33.5 Å². The lowest BCUT2D eigenvalue weighted by atomic mass is 10.0. The van der Waals surface area contributed by atoms with Crippen LogP contribution in [-0.4, -0.2) is 37.5 Å². The first-order chi connectivity index (χ1) is 8.18. The van der Waals surface area contributed by atoms with Crippen molar-refractivity contribution in [2.24, 2.45) is 0 Å². The van der Waals surface area contributed by atoms with Crippen LogP contribution in [-0.2, 0) is 11.2 Å². The molecule has 1 aromatic heterocycles. The number of likely N-dealkylation sites (N-methyl/N-ethyl adjacent to an activating group) is 1. The van der Waals surface area contributed by atoms with Crippen molar-refractivity contribution < 1.29 is 4.79 Å². The summed E-state index contributed by atoms with van der Waals surface area (Å²) < 4.78 is 0. The molecule has 1 aliphatic heterocycles. The van der Waals surface area contributed by atoms with Gasteiger partial charge in [0, 0.05) is 37.1 Å². The zero-order valence-electron chi connectivity index (χ0n) is 10.3. The van der Waals surface area contributed by atoms with E-state index in [4.69, 9.17) is 0 Å². The molecule has 1 aliphatic rings. The topological polar surface area (TPSA) is 32.3 Å². The van der Waals surface area contributed by atoms with Gasteiger partial charge in [-0.25, -0.2) is 0 Å². The summed E-state index contributed by atoms with van der Waals surface area (Å²) in [5.41, 5.74) is 2.16. The molecule has 0 spiro atoms. The molecule has 92 valence electrons. The van der Waals surface area contributed by atoms with Crippen LogP contribution in [0.4, 0.5) is 0 Å². The lowest BCUT2D eigenvalue weighted by Gasteiger charge is -2.24. The Labute approximate surface area is 106 Å². The summed E-state index contributed by atoms with van der Waals surface area (Å²) in [5.74, 6) is 0.165. The fraction of sp³-hybridized carbons (Fsp3) is 0.462. The van der Waals surface area contributed by atoms with E-state index in [9.17, 15) is 4.79 Å². The first kappa shape index (κ1) is 12.3. The van der Waals surface area contributed by atoms with Crippen molar-refractivity contribution in [2.45, 2.75) is 13.3 Å². The largest absolute Gasteiger partial charge is 0.342 e. The Morgan fingerprint density at radius 1 is 1.53 bits per heavy atom. The minimum absolute atomic E-state index is 0.165. The molecule has 0 aliphatic carbocycles. The molecule has 0 aromatic carbocycles. The predicted molar refractivity (Wildman–Crippen MR) is 71.2 cm³/mol. The van der Waals surface area contributed by atoms with Crippen LogP contribution in [0.5, 0.6) is 0 Å². The molecule has 3 nitrogen and oxygen atoms in total. The molecular weight excluding hydrogens is 232 g/mol. The van der Waals surface area contributed by atoms with Crippen LogP contribution in [0, 0.1) is 0 Å². The van der Waals surface area contributed by atoms with Crippen LogP contribution in [0.15, 0.2) is 28.7 Å². The van der Waals surface area contributed by atoms with Gasteiger partial charge in [-0.15, -0.1) is 11.3 Å².